The summed E-state index contributed by atoms with van der Waals surface area (Å²) in [6.07, 6.45) is 0.594. The molecule has 0 saturated heterocycles. The zero-order valence-electron chi connectivity index (χ0n) is 5.53. The van der Waals surface area contributed by atoms with Gasteiger partial charge >= 0.3 is 5.97 Å². The Labute approximate surface area is 59.0 Å². The third-order valence-electron chi connectivity index (χ3n) is 1.11. The molecule has 0 bridgehead atoms. The summed E-state index contributed by atoms with van der Waals surface area (Å²) in [5.74, 6) is -1.20. The number of aliphatic hydroxyl groups excluding tert-OH is 1. The molecule has 0 spiro atoms. The SMILES string of the molecule is C=CC[C@@H](O)[C@H](N)C(=O)O. The molecular formula is C6H11NO3. The summed E-state index contributed by atoms with van der Waals surface area (Å²) < 4.78 is 0. The molecular weight excluding hydrogens is 134 g/mol. The molecule has 0 aromatic rings. The van der Waals surface area contributed by atoms with E-state index in [1.807, 2.05) is 0 Å². The second-order valence-electron chi connectivity index (χ2n) is 1.96. The lowest BCUT2D eigenvalue weighted by Crippen LogP contribution is -2.41. The lowest BCUT2D eigenvalue weighted by molar-refractivity contribution is -0.141. The number of nitrogens with two attached hydrogens (primary N) is 1. The van der Waals surface area contributed by atoms with Crippen LogP contribution in [-0.4, -0.2) is 28.3 Å². The molecule has 0 fully saturated rings. The number of hydrogen-bond donors (Lipinski definition) is 3. The molecule has 0 amide bonds. The van der Waals surface area contributed by atoms with Gasteiger partial charge in [-0.2, -0.15) is 0 Å². The smallest absolute Gasteiger partial charge is 0.323 e. The molecule has 0 radical (unpaired) electrons. The van der Waals surface area contributed by atoms with Crippen LogP contribution in [0.2, 0.25) is 0 Å². The highest BCUT2D eigenvalue weighted by atomic mass is 16.4. The Bertz CT molecular complexity index is 135. The standard InChI is InChI=1S/C6H11NO3/c1-2-3-4(8)5(7)6(9)10/h2,4-5,8H,1,3,7H2,(H,9,10)/t4-,5+/m1/s1. The maximum atomic E-state index is 10.1. The first-order chi connectivity index (χ1) is 4.59. The van der Waals surface area contributed by atoms with E-state index in [1.165, 1.54) is 6.08 Å². The van der Waals surface area contributed by atoms with Crippen LogP contribution >= 0.6 is 0 Å². The van der Waals surface area contributed by atoms with E-state index < -0.39 is 18.1 Å². The first-order valence-electron chi connectivity index (χ1n) is 2.87. The van der Waals surface area contributed by atoms with E-state index >= 15 is 0 Å². The third kappa shape index (κ3) is 2.61. The van der Waals surface area contributed by atoms with Crippen molar-refractivity contribution in [2.24, 2.45) is 5.73 Å². The van der Waals surface area contributed by atoms with Crippen LogP contribution in [-0.2, 0) is 4.79 Å². The van der Waals surface area contributed by atoms with Crippen molar-refractivity contribution in [1.29, 1.82) is 0 Å². The minimum atomic E-state index is -1.21. The van der Waals surface area contributed by atoms with Crippen LogP contribution in [0.1, 0.15) is 6.42 Å². The zero-order chi connectivity index (χ0) is 8.15. The third-order valence-corrected chi connectivity index (χ3v) is 1.11. The molecule has 0 saturated carbocycles. The number of aliphatic carboxylic acids is 1. The summed E-state index contributed by atoms with van der Waals surface area (Å²) in [5, 5.41) is 17.2. The Kier molecular flexibility index (Phi) is 3.68. The molecule has 0 aromatic heterocycles. The van der Waals surface area contributed by atoms with Crippen LogP contribution in [0.25, 0.3) is 0 Å². The Morgan fingerprint density at radius 1 is 1.80 bits per heavy atom. The van der Waals surface area contributed by atoms with Gasteiger partial charge in [-0.15, -0.1) is 6.58 Å². The lowest BCUT2D eigenvalue weighted by atomic mass is 10.1. The first kappa shape index (κ1) is 9.13. The van der Waals surface area contributed by atoms with Gasteiger partial charge in [0.05, 0.1) is 6.10 Å². The number of aliphatic hydroxyl groups is 1. The fourth-order valence-electron chi connectivity index (χ4n) is 0.482. The normalized spacial score (nSPS) is 15.8. The fraction of sp³-hybridized carbons (Fsp3) is 0.500. The Balaban J connectivity index is 3.80. The van der Waals surface area contributed by atoms with Crippen LogP contribution in [0.4, 0.5) is 0 Å². The van der Waals surface area contributed by atoms with Gasteiger partial charge in [0.2, 0.25) is 0 Å². The number of hydrogen-bond acceptors (Lipinski definition) is 3. The van der Waals surface area contributed by atoms with Gasteiger partial charge in [0.25, 0.3) is 0 Å². The molecule has 58 valence electrons. The molecule has 0 aliphatic carbocycles. The molecule has 10 heavy (non-hydrogen) atoms. The van der Waals surface area contributed by atoms with Crippen molar-refractivity contribution in [3.63, 3.8) is 0 Å². The molecule has 0 heterocycles. The summed E-state index contributed by atoms with van der Waals surface area (Å²) in [4.78, 5) is 10.1. The lowest BCUT2D eigenvalue weighted by Gasteiger charge is -2.11. The predicted molar refractivity (Wildman–Crippen MR) is 36.4 cm³/mol. The van der Waals surface area contributed by atoms with Gasteiger partial charge in [-0.3, -0.25) is 4.79 Å². The van der Waals surface area contributed by atoms with Crippen LogP contribution in [0.5, 0.6) is 0 Å². The molecule has 4 heteroatoms. The van der Waals surface area contributed by atoms with Crippen molar-refractivity contribution in [2.75, 3.05) is 0 Å². The second kappa shape index (κ2) is 4.03. The quantitative estimate of drug-likeness (QED) is 0.458. The van der Waals surface area contributed by atoms with Gasteiger partial charge in [0.1, 0.15) is 6.04 Å². The van der Waals surface area contributed by atoms with Crippen molar-refractivity contribution in [2.45, 2.75) is 18.6 Å². The topological polar surface area (TPSA) is 83.5 Å². The first-order valence-corrected chi connectivity index (χ1v) is 2.87. The van der Waals surface area contributed by atoms with E-state index in [4.69, 9.17) is 15.9 Å². The summed E-state index contributed by atoms with van der Waals surface area (Å²) in [6, 6.07) is -1.21. The second-order valence-corrected chi connectivity index (χ2v) is 1.96. The van der Waals surface area contributed by atoms with Crippen molar-refractivity contribution in [3.8, 4) is 0 Å². The van der Waals surface area contributed by atoms with Gasteiger partial charge in [-0.25, -0.2) is 0 Å². The number of carbonyl (C=O) groups is 1. The molecule has 0 aromatic carbocycles. The average Bonchev–Trinajstić information content (AvgIpc) is 1.87. The molecule has 2 atom stereocenters. The van der Waals surface area contributed by atoms with E-state index in [-0.39, 0.29) is 6.42 Å². The number of carboxylic acid groups (broad SMARTS) is 1. The van der Waals surface area contributed by atoms with Gasteiger partial charge in [0, 0.05) is 0 Å². The highest BCUT2D eigenvalue weighted by Crippen LogP contribution is 1.96. The Morgan fingerprint density at radius 3 is 2.60 bits per heavy atom. The zero-order valence-corrected chi connectivity index (χ0v) is 5.53. The molecule has 0 aliphatic heterocycles. The van der Waals surface area contributed by atoms with Crippen LogP contribution < -0.4 is 5.73 Å². The van der Waals surface area contributed by atoms with Gasteiger partial charge in [-0.1, -0.05) is 6.08 Å². The van der Waals surface area contributed by atoms with E-state index in [0.29, 0.717) is 0 Å². The summed E-state index contributed by atoms with van der Waals surface area (Å²) in [5.41, 5.74) is 5.05. The molecule has 0 rings (SSSR count). The highest BCUT2D eigenvalue weighted by Gasteiger charge is 2.19. The molecule has 0 aliphatic rings. The molecule has 0 unspecified atom stereocenters. The molecule has 4 nitrogen and oxygen atoms in total. The van der Waals surface area contributed by atoms with E-state index in [9.17, 15) is 4.79 Å². The molecule has 4 N–H and O–H groups in total. The van der Waals surface area contributed by atoms with E-state index in [0.717, 1.165) is 0 Å². The average molecular weight is 145 g/mol. The largest absolute Gasteiger partial charge is 0.480 e. The van der Waals surface area contributed by atoms with Crippen molar-refractivity contribution in [3.05, 3.63) is 12.7 Å². The van der Waals surface area contributed by atoms with E-state index in [1.54, 1.807) is 0 Å². The monoisotopic (exact) mass is 145 g/mol. The van der Waals surface area contributed by atoms with Crippen molar-refractivity contribution >= 4 is 5.97 Å². The summed E-state index contributed by atoms with van der Waals surface area (Å²) >= 11 is 0. The van der Waals surface area contributed by atoms with E-state index in [2.05, 4.69) is 6.58 Å². The van der Waals surface area contributed by atoms with Gasteiger partial charge in [0.15, 0.2) is 0 Å². The maximum absolute atomic E-state index is 10.1. The fourth-order valence-corrected chi connectivity index (χ4v) is 0.482. The van der Waals surface area contributed by atoms with Gasteiger partial charge in [-0.05, 0) is 6.42 Å². The van der Waals surface area contributed by atoms with Crippen LogP contribution in [0.15, 0.2) is 12.7 Å². The maximum Gasteiger partial charge on any atom is 0.323 e. The van der Waals surface area contributed by atoms with Crippen molar-refractivity contribution in [1.82, 2.24) is 0 Å². The van der Waals surface area contributed by atoms with Crippen molar-refractivity contribution < 1.29 is 15.0 Å². The Morgan fingerprint density at radius 2 is 2.30 bits per heavy atom. The minimum absolute atomic E-state index is 0.202. The summed E-state index contributed by atoms with van der Waals surface area (Å²) in [7, 11) is 0. The number of carboxylic acids is 1. The Hall–Kier alpha value is -0.870. The van der Waals surface area contributed by atoms with Crippen LogP contribution in [0.3, 0.4) is 0 Å². The summed E-state index contributed by atoms with van der Waals surface area (Å²) in [6.45, 7) is 3.33. The van der Waals surface area contributed by atoms with Crippen LogP contribution in [0, 0.1) is 0 Å². The predicted octanol–water partition coefficient (Wildman–Crippen LogP) is -0.665. The number of rotatable bonds is 4. The highest BCUT2D eigenvalue weighted by molar-refractivity contribution is 5.73. The van der Waals surface area contributed by atoms with Gasteiger partial charge < -0.3 is 15.9 Å². The minimum Gasteiger partial charge on any atom is -0.480 e.